The molecule has 0 aliphatic heterocycles. The van der Waals surface area contributed by atoms with E-state index >= 15 is 0 Å². The summed E-state index contributed by atoms with van der Waals surface area (Å²) in [6.07, 6.45) is 2.33. The van der Waals surface area contributed by atoms with Gasteiger partial charge in [0.05, 0.1) is 0 Å². The van der Waals surface area contributed by atoms with Crippen LogP contribution in [0.15, 0.2) is 48.7 Å². The van der Waals surface area contributed by atoms with Gasteiger partial charge in [0.2, 0.25) is 0 Å². The Morgan fingerprint density at radius 2 is 1.95 bits per heavy atom. The fourth-order valence-corrected chi connectivity index (χ4v) is 1.87. The molecule has 3 N–H and O–H groups in total. The third-order valence-electron chi connectivity index (χ3n) is 2.77. The lowest BCUT2D eigenvalue weighted by atomic mass is 10.0. The van der Waals surface area contributed by atoms with E-state index in [1.165, 1.54) is 0 Å². The smallest absolute Gasteiger partial charge is 0.270 e. The van der Waals surface area contributed by atoms with Gasteiger partial charge in [0.1, 0.15) is 5.69 Å². The van der Waals surface area contributed by atoms with Crippen molar-refractivity contribution < 1.29 is 4.79 Å². The number of rotatable bonds is 5. The first-order valence-electron chi connectivity index (χ1n) is 6.27. The van der Waals surface area contributed by atoms with Crippen LogP contribution in [-0.4, -0.2) is 24.0 Å². The number of nitrogens with zero attached hydrogens (tertiary/aromatic N) is 1. The number of benzene rings is 1. The summed E-state index contributed by atoms with van der Waals surface area (Å²) in [5.74, 6) is -0.169. The van der Waals surface area contributed by atoms with E-state index in [2.05, 4.69) is 10.3 Å². The zero-order chi connectivity index (χ0) is 13.5. The molecular formula is C15H17N3O. The minimum atomic E-state index is -0.169. The van der Waals surface area contributed by atoms with E-state index in [0.717, 1.165) is 11.1 Å². The normalized spacial score (nSPS) is 10.2. The van der Waals surface area contributed by atoms with Crippen LogP contribution in [-0.2, 0) is 6.42 Å². The number of aromatic nitrogens is 1. The van der Waals surface area contributed by atoms with Crippen LogP contribution >= 0.6 is 0 Å². The van der Waals surface area contributed by atoms with Gasteiger partial charge in [-0.15, -0.1) is 0 Å². The molecule has 4 nitrogen and oxygen atoms in total. The van der Waals surface area contributed by atoms with Crippen LogP contribution < -0.4 is 11.1 Å². The minimum absolute atomic E-state index is 0.169. The Morgan fingerprint density at radius 3 is 2.68 bits per heavy atom. The van der Waals surface area contributed by atoms with E-state index in [1.54, 1.807) is 6.20 Å². The number of pyridine rings is 1. The maximum absolute atomic E-state index is 12.0. The minimum Gasteiger partial charge on any atom is -0.349 e. The van der Waals surface area contributed by atoms with Crippen LogP contribution in [0, 0.1) is 0 Å². The molecule has 98 valence electrons. The summed E-state index contributed by atoms with van der Waals surface area (Å²) < 4.78 is 0. The Bertz CT molecular complexity index is 540. The summed E-state index contributed by atoms with van der Waals surface area (Å²) in [4.78, 5) is 16.2. The standard InChI is InChI=1S/C15H17N3O/c16-8-10-18-15(19)14-13(7-4-9-17-14)11-12-5-2-1-3-6-12/h1-7,9H,8,10-11,16H2,(H,18,19). The first kappa shape index (κ1) is 13.2. The summed E-state index contributed by atoms with van der Waals surface area (Å²) in [5.41, 5.74) is 7.93. The van der Waals surface area contributed by atoms with Gasteiger partial charge in [-0.05, 0) is 23.6 Å². The third-order valence-corrected chi connectivity index (χ3v) is 2.77. The monoisotopic (exact) mass is 255 g/mol. The van der Waals surface area contributed by atoms with Gasteiger partial charge < -0.3 is 11.1 Å². The summed E-state index contributed by atoms with van der Waals surface area (Å²) in [6.45, 7) is 0.882. The number of amides is 1. The van der Waals surface area contributed by atoms with Crippen molar-refractivity contribution in [2.75, 3.05) is 13.1 Å². The molecule has 1 aromatic carbocycles. The van der Waals surface area contributed by atoms with E-state index in [-0.39, 0.29) is 5.91 Å². The van der Waals surface area contributed by atoms with E-state index in [0.29, 0.717) is 25.2 Å². The SMILES string of the molecule is NCCNC(=O)c1ncccc1Cc1ccccc1. The fraction of sp³-hybridized carbons (Fsp3) is 0.200. The highest BCUT2D eigenvalue weighted by atomic mass is 16.1. The molecule has 2 aromatic rings. The zero-order valence-corrected chi connectivity index (χ0v) is 10.7. The molecule has 0 aliphatic rings. The highest BCUT2D eigenvalue weighted by Gasteiger charge is 2.12. The topological polar surface area (TPSA) is 68.0 Å². The third kappa shape index (κ3) is 3.63. The molecule has 0 fully saturated rings. The maximum atomic E-state index is 12.0. The van der Waals surface area contributed by atoms with E-state index in [4.69, 9.17) is 5.73 Å². The number of hydrogen-bond acceptors (Lipinski definition) is 3. The van der Waals surface area contributed by atoms with E-state index in [1.807, 2.05) is 42.5 Å². The molecule has 0 spiro atoms. The van der Waals surface area contributed by atoms with Crippen LogP contribution in [0.5, 0.6) is 0 Å². The fourth-order valence-electron chi connectivity index (χ4n) is 1.87. The van der Waals surface area contributed by atoms with Crippen molar-refractivity contribution in [1.82, 2.24) is 10.3 Å². The van der Waals surface area contributed by atoms with Crippen molar-refractivity contribution in [3.8, 4) is 0 Å². The van der Waals surface area contributed by atoms with Crippen LogP contribution in [0.2, 0.25) is 0 Å². The second kappa shape index (κ2) is 6.66. The van der Waals surface area contributed by atoms with Crippen molar-refractivity contribution in [3.05, 3.63) is 65.5 Å². The van der Waals surface area contributed by atoms with Crippen molar-refractivity contribution in [3.63, 3.8) is 0 Å². The second-order valence-corrected chi connectivity index (χ2v) is 4.22. The van der Waals surface area contributed by atoms with Gasteiger partial charge in [0, 0.05) is 19.3 Å². The quantitative estimate of drug-likeness (QED) is 0.847. The van der Waals surface area contributed by atoms with Gasteiger partial charge >= 0.3 is 0 Å². The Labute approximate surface area is 112 Å². The van der Waals surface area contributed by atoms with E-state index in [9.17, 15) is 4.79 Å². The molecule has 1 aromatic heterocycles. The number of nitrogens with two attached hydrogens (primary N) is 1. The first-order chi connectivity index (χ1) is 9.31. The number of hydrogen-bond donors (Lipinski definition) is 2. The summed E-state index contributed by atoms with van der Waals surface area (Å²) in [6, 6.07) is 13.8. The predicted molar refractivity (Wildman–Crippen MR) is 74.9 cm³/mol. The second-order valence-electron chi connectivity index (χ2n) is 4.22. The summed E-state index contributed by atoms with van der Waals surface area (Å²) >= 11 is 0. The van der Waals surface area contributed by atoms with Gasteiger partial charge in [-0.1, -0.05) is 36.4 Å². The van der Waals surface area contributed by atoms with Gasteiger partial charge in [-0.2, -0.15) is 0 Å². The molecule has 0 saturated carbocycles. The molecule has 0 aliphatic carbocycles. The molecule has 0 unspecified atom stereocenters. The average molecular weight is 255 g/mol. The van der Waals surface area contributed by atoms with Crippen molar-refractivity contribution in [2.45, 2.75) is 6.42 Å². The Kier molecular flexibility index (Phi) is 4.64. The Morgan fingerprint density at radius 1 is 1.16 bits per heavy atom. The maximum Gasteiger partial charge on any atom is 0.270 e. The first-order valence-corrected chi connectivity index (χ1v) is 6.27. The number of nitrogens with one attached hydrogen (secondary N) is 1. The lowest BCUT2D eigenvalue weighted by molar-refractivity contribution is 0.0949. The lowest BCUT2D eigenvalue weighted by Crippen LogP contribution is -2.30. The van der Waals surface area contributed by atoms with Crippen LogP contribution in [0.3, 0.4) is 0 Å². The van der Waals surface area contributed by atoms with Gasteiger partial charge in [0.15, 0.2) is 0 Å². The van der Waals surface area contributed by atoms with Gasteiger partial charge in [-0.25, -0.2) is 0 Å². The van der Waals surface area contributed by atoms with Crippen molar-refractivity contribution in [1.29, 1.82) is 0 Å². The molecule has 19 heavy (non-hydrogen) atoms. The lowest BCUT2D eigenvalue weighted by Gasteiger charge is -2.08. The Hall–Kier alpha value is -2.20. The summed E-state index contributed by atoms with van der Waals surface area (Å²) in [7, 11) is 0. The average Bonchev–Trinajstić information content (AvgIpc) is 2.46. The van der Waals surface area contributed by atoms with Gasteiger partial charge in [-0.3, -0.25) is 9.78 Å². The number of carbonyl (C=O) groups is 1. The van der Waals surface area contributed by atoms with Crippen molar-refractivity contribution in [2.24, 2.45) is 5.73 Å². The zero-order valence-electron chi connectivity index (χ0n) is 10.7. The van der Waals surface area contributed by atoms with Gasteiger partial charge in [0.25, 0.3) is 5.91 Å². The number of carbonyl (C=O) groups excluding carboxylic acids is 1. The van der Waals surface area contributed by atoms with E-state index < -0.39 is 0 Å². The molecule has 1 heterocycles. The molecule has 0 saturated heterocycles. The molecule has 0 radical (unpaired) electrons. The van der Waals surface area contributed by atoms with Crippen LogP contribution in [0.25, 0.3) is 0 Å². The molecule has 0 atom stereocenters. The van der Waals surface area contributed by atoms with Crippen LogP contribution in [0.1, 0.15) is 21.6 Å². The van der Waals surface area contributed by atoms with Crippen LogP contribution in [0.4, 0.5) is 0 Å². The highest BCUT2D eigenvalue weighted by molar-refractivity contribution is 5.93. The highest BCUT2D eigenvalue weighted by Crippen LogP contribution is 2.12. The largest absolute Gasteiger partial charge is 0.349 e. The Balaban J connectivity index is 2.19. The summed E-state index contributed by atoms with van der Waals surface area (Å²) in [5, 5.41) is 2.75. The molecule has 4 heteroatoms. The molecule has 0 bridgehead atoms. The molecular weight excluding hydrogens is 238 g/mol. The van der Waals surface area contributed by atoms with Crippen molar-refractivity contribution >= 4 is 5.91 Å². The predicted octanol–water partition coefficient (Wildman–Crippen LogP) is 1.36. The molecule has 1 amide bonds. The molecule has 2 rings (SSSR count).